The second kappa shape index (κ2) is 8.17. The van der Waals surface area contributed by atoms with Crippen molar-refractivity contribution in [2.24, 2.45) is 0 Å². The molecule has 0 aliphatic carbocycles. The van der Waals surface area contributed by atoms with Crippen molar-refractivity contribution in [3.63, 3.8) is 0 Å². The zero-order valence-corrected chi connectivity index (χ0v) is 13.3. The molecule has 0 unspecified atom stereocenters. The Kier molecular flexibility index (Phi) is 6.87. The van der Waals surface area contributed by atoms with Crippen molar-refractivity contribution in [3.05, 3.63) is 28.2 Å². The minimum Gasteiger partial charge on any atom is -0.497 e. The molecule has 0 aromatic heterocycles. The topological polar surface area (TPSA) is 41.6 Å². The summed E-state index contributed by atoms with van der Waals surface area (Å²) in [5, 5.41) is 2.92. The molecule has 0 aliphatic rings. The van der Waals surface area contributed by atoms with Crippen molar-refractivity contribution in [1.29, 1.82) is 0 Å². The summed E-state index contributed by atoms with van der Waals surface area (Å²) in [6.45, 7) is 7.73. The Morgan fingerprint density at radius 1 is 1.37 bits per heavy atom. The van der Waals surface area contributed by atoms with Gasteiger partial charge in [-0.15, -0.1) is 0 Å². The van der Waals surface area contributed by atoms with Crippen LogP contribution in [0.2, 0.25) is 0 Å². The van der Waals surface area contributed by atoms with Crippen LogP contribution in [0, 0.1) is 0 Å². The first kappa shape index (κ1) is 16.0. The molecule has 1 N–H and O–H groups in total. The number of hydrogen-bond donors (Lipinski definition) is 1. The Morgan fingerprint density at radius 2 is 2.05 bits per heavy atom. The fourth-order valence-corrected chi connectivity index (χ4v) is 2.19. The lowest BCUT2D eigenvalue weighted by Crippen LogP contribution is -2.34. The smallest absolute Gasteiger partial charge is 0.252 e. The van der Waals surface area contributed by atoms with Crippen LogP contribution in [-0.2, 0) is 0 Å². The molecule has 0 bridgehead atoms. The van der Waals surface area contributed by atoms with Gasteiger partial charge in [0.1, 0.15) is 5.75 Å². The summed E-state index contributed by atoms with van der Waals surface area (Å²) in [5.74, 6) is 0.593. The Morgan fingerprint density at radius 3 is 2.63 bits per heavy atom. The molecule has 0 saturated carbocycles. The molecule has 0 aliphatic heterocycles. The van der Waals surface area contributed by atoms with Gasteiger partial charge >= 0.3 is 0 Å². The first-order valence-corrected chi connectivity index (χ1v) is 7.25. The Labute approximate surface area is 123 Å². The molecule has 0 spiro atoms. The van der Waals surface area contributed by atoms with E-state index in [1.165, 1.54) is 0 Å². The number of carbonyl (C=O) groups is 1. The van der Waals surface area contributed by atoms with Gasteiger partial charge in [0.2, 0.25) is 0 Å². The van der Waals surface area contributed by atoms with Crippen molar-refractivity contribution >= 4 is 21.8 Å². The number of ether oxygens (including phenoxy) is 1. The number of rotatable bonds is 7. The lowest BCUT2D eigenvalue weighted by molar-refractivity contribution is 0.0948. The van der Waals surface area contributed by atoms with Crippen LogP contribution in [0.4, 0.5) is 0 Å². The summed E-state index contributed by atoms with van der Waals surface area (Å²) in [5.41, 5.74) is 0.596. The number of amides is 1. The number of benzene rings is 1. The van der Waals surface area contributed by atoms with Gasteiger partial charge in [0.05, 0.1) is 12.7 Å². The van der Waals surface area contributed by atoms with E-state index in [1.54, 1.807) is 13.2 Å². The quantitative estimate of drug-likeness (QED) is 0.836. The predicted molar refractivity (Wildman–Crippen MR) is 80.8 cm³/mol. The molecule has 0 fully saturated rings. The van der Waals surface area contributed by atoms with Gasteiger partial charge in [-0.25, -0.2) is 0 Å². The van der Waals surface area contributed by atoms with Crippen LogP contribution in [0.1, 0.15) is 24.2 Å². The number of nitrogens with zero attached hydrogens (tertiary/aromatic N) is 1. The molecule has 5 heteroatoms. The molecule has 0 saturated heterocycles. The maximum Gasteiger partial charge on any atom is 0.252 e. The van der Waals surface area contributed by atoms with E-state index in [-0.39, 0.29) is 5.91 Å². The molecular weight excluding hydrogens is 308 g/mol. The van der Waals surface area contributed by atoms with Gasteiger partial charge in [0, 0.05) is 17.6 Å². The van der Waals surface area contributed by atoms with Gasteiger partial charge in [0.15, 0.2) is 0 Å². The van der Waals surface area contributed by atoms with Gasteiger partial charge in [-0.3, -0.25) is 4.79 Å². The SMILES string of the molecule is CCN(CC)CCNC(=O)c1cc(OC)ccc1Br. The highest BCUT2D eigenvalue weighted by molar-refractivity contribution is 9.10. The molecule has 1 aromatic rings. The van der Waals surface area contributed by atoms with Crippen LogP contribution < -0.4 is 10.1 Å². The summed E-state index contributed by atoms with van der Waals surface area (Å²) in [4.78, 5) is 14.3. The molecule has 4 nitrogen and oxygen atoms in total. The average molecular weight is 329 g/mol. The Balaban J connectivity index is 2.58. The van der Waals surface area contributed by atoms with E-state index < -0.39 is 0 Å². The van der Waals surface area contributed by atoms with Gasteiger partial charge < -0.3 is 15.0 Å². The largest absolute Gasteiger partial charge is 0.497 e. The maximum absolute atomic E-state index is 12.1. The first-order chi connectivity index (χ1) is 9.12. The zero-order chi connectivity index (χ0) is 14.3. The summed E-state index contributed by atoms with van der Waals surface area (Å²) >= 11 is 3.38. The third-order valence-corrected chi connectivity index (χ3v) is 3.72. The Hall–Kier alpha value is -1.07. The standard InChI is InChI=1S/C14H21BrN2O2/c1-4-17(5-2)9-8-16-14(18)12-10-11(19-3)6-7-13(12)15/h6-7,10H,4-5,8-9H2,1-3H3,(H,16,18). The van der Waals surface area contributed by atoms with Gasteiger partial charge in [-0.1, -0.05) is 13.8 Å². The summed E-state index contributed by atoms with van der Waals surface area (Å²) in [6, 6.07) is 5.37. The monoisotopic (exact) mass is 328 g/mol. The van der Waals surface area contributed by atoms with Crippen LogP contribution in [0.15, 0.2) is 22.7 Å². The lowest BCUT2D eigenvalue weighted by atomic mass is 10.2. The number of halogens is 1. The van der Waals surface area contributed by atoms with Gasteiger partial charge in [-0.2, -0.15) is 0 Å². The molecule has 1 rings (SSSR count). The number of nitrogens with one attached hydrogen (secondary N) is 1. The third kappa shape index (κ3) is 4.84. The van der Waals surface area contributed by atoms with Gasteiger partial charge in [-0.05, 0) is 47.2 Å². The van der Waals surface area contributed by atoms with E-state index in [4.69, 9.17) is 4.74 Å². The molecule has 19 heavy (non-hydrogen) atoms. The van der Waals surface area contributed by atoms with Crippen LogP contribution >= 0.6 is 15.9 Å². The van der Waals surface area contributed by atoms with Crippen LogP contribution in [0.25, 0.3) is 0 Å². The molecule has 1 aromatic carbocycles. The van der Waals surface area contributed by atoms with Crippen molar-refractivity contribution in [3.8, 4) is 5.75 Å². The molecular formula is C14H21BrN2O2. The van der Waals surface area contributed by atoms with E-state index >= 15 is 0 Å². The maximum atomic E-state index is 12.1. The average Bonchev–Trinajstić information content (AvgIpc) is 2.44. The van der Waals surface area contributed by atoms with E-state index in [0.29, 0.717) is 17.9 Å². The summed E-state index contributed by atoms with van der Waals surface area (Å²) < 4.78 is 5.90. The van der Waals surface area contributed by atoms with Crippen LogP contribution in [-0.4, -0.2) is 44.1 Å². The molecule has 0 atom stereocenters. The summed E-state index contributed by atoms with van der Waals surface area (Å²) in [7, 11) is 1.59. The van der Waals surface area contributed by atoms with E-state index in [9.17, 15) is 4.79 Å². The van der Waals surface area contributed by atoms with E-state index in [2.05, 4.69) is 40.0 Å². The molecule has 0 heterocycles. The first-order valence-electron chi connectivity index (χ1n) is 6.46. The minimum atomic E-state index is -0.0852. The fourth-order valence-electron chi connectivity index (χ4n) is 1.77. The molecule has 1 amide bonds. The highest BCUT2D eigenvalue weighted by Gasteiger charge is 2.11. The lowest BCUT2D eigenvalue weighted by Gasteiger charge is -2.18. The second-order valence-corrected chi connectivity index (χ2v) is 4.98. The van der Waals surface area contributed by atoms with E-state index in [1.807, 2.05) is 12.1 Å². The zero-order valence-electron chi connectivity index (χ0n) is 11.7. The van der Waals surface area contributed by atoms with E-state index in [0.717, 1.165) is 24.1 Å². The number of carbonyl (C=O) groups excluding carboxylic acids is 1. The number of methoxy groups -OCH3 is 1. The summed E-state index contributed by atoms with van der Waals surface area (Å²) in [6.07, 6.45) is 0. The van der Waals surface area contributed by atoms with Crippen molar-refractivity contribution in [2.75, 3.05) is 33.3 Å². The van der Waals surface area contributed by atoms with Gasteiger partial charge in [0.25, 0.3) is 5.91 Å². The van der Waals surface area contributed by atoms with Crippen molar-refractivity contribution < 1.29 is 9.53 Å². The molecule has 0 radical (unpaired) electrons. The third-order valence-electron chi connectivity index (χ3n) is 3.03. The number of hydrogen-bond acceptors (Lipinski definition) is 3. The fraction of sp³-hybridized carbons (Fsp3) is 0.500. The second-order valence-electron chi connectivity index (χ2n) is 4.13. The minimum absolute atomic E-state index is 0.0852. The predicted octanol–water partition coefficient (Wildman–Crippen LogP) is 2.53. The van der Waals surface area contributed by atoms with Crippen LogP contribution in [0.5, 0.6) is 5.75 Å². The Bertz CT molecular complexity index is 420. The number of likely N-dealkylation sites (N-methyl/N-ethyl adjacent to an activating group) is 1. The van der Waals surface area contributed by atoms with Crippen molar-refractivity contribution in [2.45, 2.75) is 13.8 Å². The highest BCUT2D eigenvalue weighted by atomic mass is 79.9. The van der Waals surface area contributed by atoms with Crippen LogP contribution in [0.3, 0.4) is 0 Å². The normalized spacial score (nSPS) is 10.6. The molecule has 106 valence electrons. The highest BCUT2D eigenvalue weighted by Crippen LogP contribution is 2.22. The van der Waals surface area contributed by atoms with Crippen molar-refractivity contribution in [1.82, 2.24) is 10.2 Å².